The first-order valence-corrected chi connectivity index (χ1v) is 5.15. The van der Waals surface area contributed by atoms with Crippen LogP contribution in [-0.4, -0.2) is 6.29 Å². The zero-order valence-corrected chi connectivity index (χ0v) is 8.97. The molecule has 0 fully saturated rings. The van der Waals surface area contributed by atoms with Crippen molar-refractivity contribution >= 4 is 26.7 Å². The van der Waals surface area contributed by atoms with Crippen molar-refractivity contribution in [1.29, 1.82) is 0 Å². The fourth-order valence-electron chi connectivity index (χ4n) is 1.67. The number of hydrogen-bond donors (Lipinski definition) is 0. The predicted molar refractivity (Wildman–Crippen MR) is 56.6 cm³/mol. The molecule has 1 aromatic rings. The minimum absolute atomic E-state index is 0.190. The molecular formula is C11H8BrFO. The molecule has 72 valence electrons. The van der Waals surface area contributed by atoms with Crippen LogP contribution in [0.5, 0.6) is 0 Å². The molecule has 0 N–H and O–H groups in total. The normalized spacial score (nSPS) is 15.3. The summed E-state index contributed by atoms with van der Waals surface area (Å²) in [6, 6.07) is 4.93. The average Bonchev–Trinajstić information content (AvgIpc) is 2.20. The van der Waals surface area contributed by atoms with Crippen molar-refractivity contribution in [3.63, 3.8) is 0 Å². The number of allylic oxidation sites excluding steroid dienone is 1. The van der Waals surface area contributed by atoms with Crippen LogP contribution in [0.3, 0.4) is 0 Å². The lowest BCUT2D eigenvalue weighted by atomic mass is 9.92. The molecule has 14 heavy (non-hydrogen) atoms. The number of benzene rings is 1. The second-order valence-corrected chi connectivity index (χ2v) is 4.02. The van der Waals surface area contributed by atoms with Crippen molar-refractivity contribution in [1.82, 2.24) is 0 Å². The quantitative estimate of drug-likeness (QED) is 0.705. The van der Waals surface area contributed by atoms with Gasteiger partial charge in [0.2, 0.25) is 0 Å². The van der Waals surface area contributed by atoms with Crippen molar-refractivity contribution in [2.24, 2.45) is 0 Å². The topological polar surface area (TPSA) is 17.1 Å². The van der Waals surface area contributed by atoms with Gasteiger partial charge in [-0.15, -0.1) is 0 Å². The molecule has 0 amide bonds. The molecule has 1 aliphatic rings. The van der Waals surface area contributed by atoms with Crippen molar-refractivity contribution in [2.75, 3.05) is 0 Å². The number of fused-ring (bicyclic) bond motifs is 1. The summed E-state index contributed by atoms with van der Waals surface area (Å²) in [6.45, 7) is 0. The van der Waals surface area contributed by atoms with E-state index in [0.29, 0.717) is 24.0 Å². The maximum absolute atomic E-state index is 13.3. The van der Waals surface area contributed by atoms with Crippen molar-refractivity contribution in [3.05, 3.63) is 40.7 Å². The summed E-state index contributed by atoms with van der Waals surface area (Å²) >= 11 is 3.33. The van der Waals surface area contributed by atoms with Gasteiger partial charge in [-0.05, 0) is 46.0 Å². The Bertz CT molecular complexity index is 423. The Morgan fingerprint density at radius 3 is 2.86 bits per heavy atom. The van der Waals surface area contributed by atoms with Crippen LogP contribution in [-0.2, 0) is 11.2 Å². The molecule has 0 spiro atoms. The van der Waals surface area contributed by atoms with Gasteiger partial charge in [-0.3, -0.25) is 4.79 Å². The van der Waals surface area contributed by atoms with Gasteiger partial charge in [-0.1, -0.05) is 12.1 Å². The van der Waals surface area contributed by atoms with E-state index in [2.05, 4.69) is 15.9 Å². The van der Waals surface area contributed by atoms with Crippen molar-refractivity contribution in [3.8, 4) is 0 Å². The van der Waals surface area contributed by atoms with Crippen LogP contribution in [0.2, 0.25) is 0 Å². The highest BCUT2D eigenvalue weighted by molar-refractivity contribution is 9.15. The highest BCUT2D eigenvalue weighted by Crippen LogP contribution is 2.35. The van der Waals surface area contributed by atoms with Crippen molar-refractivity contribution in [2.45, 2.75) is 12.8 Å². The summed E-state index contributed by atoms with van der Waals surface area (Å²) in [4.78, 5) is 10.7. The van der Waals surface area contributed by atoms with Crippen LogP contribution in [0.1, 0.15) is 17.5 Å². The SMILES string of the molecule is O=CC1=C(Br)c2cccc(F)c2CC1. The lowest BCUT2D eigenvalue weighted by Gasteiger charge is -2.17. The molecule has 0 heterocycles. The Balaban J connectivity index is 2.63. The summed E-state index contributed by atoms with van der Waals surface area (Å²) in [5.74, 6) is -0.190. The first kappa shape index (κ1) is 9.59. The highest BCUT2D eigenvalue weighted by atomic mass is 79.9. The third-order valence-electron chi connectivity index (χ3n) is 2.42. The van der Waals surface area contributed by atoms with Crippen LogP contribution in [0, 0.1) is 5.82 Å². The number of rotatable bonds is 1. The predicted octanol–water partition coefficient (Wildman–Crippen LogP) is 3.08. The number of halogens is 2. The summed E-state index contributed by atoms with van der Waals surface area (Å²) in [5.41, 5.74) is 2.21. The van der Waals surface area contributed by atoms with Crippen LogP contribution < -0.4 is 0 Å². The molecule has 0 bridgehead atoms. The summed E-state index contributed by atoms with van der Waals surface area (Å²) in [7, 11) is 0. The zero-order valence-electron chi connectivity index (χ0n) is 7.39. The third kappa shape index (κ3) is 1.42. The van der Waals surface area contributed by atoms with E-state index < -0.39 is 0 Å². The van der Waals surface area contributed by atoms with Gasteiger partial charge in [0.05, 0.1) is 0 Å². The van der Waals surface area contributed by atoms with Crippen molar-refractivity contribution < 1.29 is 9.18 Å². The third-order valence-corrected chi connectivity index (χ3v) is 3.36. The maximum atomic E-state index is 13.3. The zero-order chi connectivity index (χ0) is 10.1. The van der Waals surface area contributed by atoms with Gasteiger partial charge in [0.25, 0.3) is 0 Å². The van der Waals surface area contributed by atoms with E-state index in [0.717, 1.165) is 16.3 Å². The van der Waals surface area contributed by atoms with Gasteiger partial charge >= 0.3 is 0 Å². The summed E-state index contributed by atoms with van der Waals surface area (Å²) in [5, 5.41) is 0. The number of hydrogen-bond acceptors (Lipinski definition) is 1. The molecule has 0 atom stereocenters. The van der Waals surface area contributed by atoms with E-state index in [-0.39, 0.29) is 5.82 Å². The van der Waals surface area contributed by atoms with E-state index in [1.54, 1.807) is 6.07 Å². The Kier molecular flexibility index (Phi) is 2.50. The Morgan fingerprint density at radius 2 is 2.14 bits per heavy atom. The van der Waals surface area contributed by atoms with E-state index in [4.69, 9.17) is 0 Å². The molecule has 3 heteroatoms. The molecule has 0 unspecified atom stereocenters. The fourth-order valence-corrected chi connectivity index (χ4v) is 2.33. The monoisotopic (exact) mass is 254 g/mol. The molecule has 1 aliphatic carbocycles. The van der Waals surface area contributed by atoms with E-state index in [9.17, 15) is 9.18 Å². The Morgan fingerprint density at radius 1 is 1.36 bits per heavy atom. The summed E-state index contributed by atoms with van der Waals surface area (Å²) < 4.78 is 14.1. The molecule has 1 nitrogen and oxygen atoms in total. The van der Waals surface area contributed by atoms with Crippen LogP contribution >= 0.6 is 15.9 Å². The molecule has 0 aliphatic heterocycles. The minimum Gasteiger partial charge on any atom is -0.298 e. The van der Waals surface area contributed by atoms with Gasteiger partial charge < -0.3 is 0 Å². The molecule has 0 saturated heterocycles. The number of aldehydes is 1. The van der Waals surface area contributed by atoms with Crippen LogP contribution in [0.4, 0.5) is 4.39 Å². The van der Waals surface area contributed by atoms with Gasteiger partial charge in [0.1, 0.15) is 12.1 Å². The fraction of sp³-hybridized carbons (Fsp3) is 0.182. The Labute approximate surface area is 89.8 Å². The van der Waals surface area contributed by atoms with E-state index >= 15 is 0 Å². The first-order valence-electron chi connectivity index (χ1n) is 4.35. The first-order chi connectivity index (χ1) is 6.74. The average molecular weight is 255 g/mol. The van der Waals surface area contributed by atoms with Gasteiger partial charge in [0, 0.05) is 10.1 Å². The molecule has 0 radical (unpaired) electrons. The number of carbonyl (C=O) groups excluding carboxylic acids is 1. The van der Waals surface area contributed by atoms with E-state index in [1.165, 1.54) is 6.07 Å². The van der Waals surface area contributed by atoms with Crippen LogP contribution in [0.15, 0.2) is 23.8 Å². The lowest BCUT2D eigenvalue weighted by molar-refractivity contribution is -0.105. The second-order valence-electron chi connectivity index (χ2n) is 3.22. The van der Waals surface area contributed by atoms with Crippen LogP contribution in [0.25, 0.3) is 4.48 Å². The minimum atomic E-state index is -0.190. The van der Waals surface area contributed by atoms with Gasteiger partial charge in [-0.2, -0.15) is 0 Å². The van der Waals surface area contributed by atoms with Gasteiger partial charge in [0.15, 0.2) is 0 Å². The highest BCUT2D eigenvalue weighted by Gasteiger charge is 2.18. The second kappa shape index (κ2) is 3.65. The van der Waals surface area contributed by atoms with E-state index in [1.807, 2.05) is 6.07 Å². The lowest BCUT2D eigenvalue weighted by Crippen LogP contribution is -2.05. The number of carbonyl (C=O) groups is 1. The molecular weight excluding hydrogens is 247 g/mol. The standard InChI is InChI=1S/C11H8BrFO/c12-11-7(6-14)4-5-8-9(11)2-1-3-10(8)13/h1-3,6H,4-5H2. The largest absolute Gasteiger partial charge is 0.298 e. The smallest absolute Gasteiger partial charge is 0.147 e. The molecule has 0 aromatic heterocycles. The molecule has 0 saturated carbocycles. The molecule has 1 aromatic carbocycles. The maximum Gasteiger partial charge on any atom is 0.147 e. The Hall–Kier alpha value is -0.960. The summed E-state index contributed by atoms with van der Waals surface area (Å²) in [6.07, 6.45) is 2.04. The van der Waals surface area contributed by atoms with Gasteiger partial charge in [-0.25, -0.2) is 4.39 Å². The molecule has 2 rings (SSSR count).